The minimum Gasteiger partial charge on any atom is -0.370 e. The van der Waals surface area contributed by atoms with Crippen LogP contribution in [0.1, 0.15) is 13.3 Å². The Hall–Kier alpha value is -1.30. The molecule has 0 radical (unpaired) electrons. The molecule has 94 valence electrons. The van der Waals surface area contributed by atoms with Crippen molar-refractivity contribution < 1.29 is 0 Å². The maximum atomic E-state index is 4.28. The van der Waals surface area contributed by atoms with Crippen molar-refractivity contribution in [1.29, 1.82) is 0 Å². The zero-order valence-electron chi connectivity index (χ0n) is 10.3. The molecule has 0 aliphatic heterocycles. The topological polar surface area (TPSA) is 37.0 Å². The predicted molar refractivity (Wildman–Crippen MR) is 85.5 cm³/mol. The van der Waals surface area contributed by atoms with Crippen molar-refractivity contribution >= 4 is 39.8 Å². The molecule has 0 amide bonds. The Balaban J connectivity index is 2.09. The van der Waals surface area contributed by atoms with Gasteiger partial charge < -0.3 is 10.6 Å². The van der Waals surface area contributed by atoms with Crippen molar-refractivity contribution in [3.63, 3.8) is 0 Å². The van der Waals surface area contributed by atoms with E-state index in [2.05, 4.69) is 63.3 Å². The monoisotopic (exact) mass is 353 g/mol. The van der Waals surface area contributed by atoms with Gasteiger partial charge in [0.2, 0.25) is 0 Å². The third-order valence-corrected chi connectivity index (χ3v) is 3.10. The van der Waals surface area contributed by atoms with E-state index in [1.54, 1.807) is 0 Å². The van der Waals surface area contributed by atoms with Gasteiger partial charge in [-0.15, -0.1) is 0 Å². The van der Waals surface area contributed by atoms with Gasteiger partial charge in [0.1, 0.15) is 5.82 Å². The predicted octanol–water partition coefficient (Wildman–Crippen LogP) is 4.25. The molecule has 1 aromatic carbocycles. The van der Waals surface area contributed by atoms with E-state index in [1.807, 2.05) is 24.4 Å². The molecule has 2 rings (SSSR count). The van der Waals surface area contributed by atoms with Gasteiger partial charge in [0, 0.05) is 33.8 Å². The quantitative estimate of drug-likeness (QED) is 0.789. The molecule has 0 aliphatic carbocycles. The molecule has 18 heavy (non-hydrogen) atoms. The van der Waals surface area contributed by atoms with Gasteiger partial charge in [0.15, 0.2) is 0 Å². The second kappa shape index (κ2) is 6.58. The molecule has 0 atom stereocenters. The highest BCUT2D eigenvalue weighted by Crippen LogP contribution is 2.20. The first-order valence-corrected chi connectivity index (χ1v) is 7.08. The van der Waals surface area contributed by atoms with Gasteiger partial charge >= 0.3 is 0 Å². The summed E-state index contributed by atoms with van der Waals surface area (Å²) >= 11 is 2.31. The SMILES string of the molecule is CCCNc1cc(Nc2cccc(I)c2)ccn1. The number of nitrogens with zero attached hydrogens (tertiary/aromatic N) is 1. The average molecular weight is 353 g/mol. The lowest BCUT2D eigenvalue weighted by molar-refractivity contribution is 0.969. The summed E-state index contributed by atoms with van der Waals surface area (Å²) in [6, 6.07) is 12.3. The number of hydrogen-bond acceptors (Lipinski definition) is 3. The molecule has 3 nitrogen and oxygen atoms in total. The zero-order chi connectivity index (χ0) is 12.8. The molecule has 4 heteroatoms. The summed E-state index contributed by atoms with van der Waals surface area (Å²) in [6.45, 7) is 3.08. The Morgan fingerprint density at radius 3 is 2.78 bits per heavy atom. The van der Waals surface area contributed by atoms with Gasteiger partial charge in [-0.1, -0.05) is 13.0 Å². The van der Waals surface area contributed by atoms with Crippen LogP contribution in [0.25, 0.3) is 0 Å². The van der Waals surface area contributed by atoms with E-state index < -0.39 is 0 Å². The molecule has 0 fully saturated rings. The summed E-state index contributed by atoms with van der Waals surface area (Å²) in [6.07, 6.45) is 2.91. The lowest BCUT2D eigenvalue weighted by Gasteiger charge is -2.09. The van der Waals surface area contributed by atoms with Crippen LogP contribution in [0.15, 0.2) is 42.6 Å². The molecule has 0 aliphatic rings. The molecule has 1 heterocycles. The first kappa shape index (κ1) is 13.1. The Kier molecular flexibility index (Phi) is 4.81. The van der Waals surface area contributed by atoms with Gasteiger partial charge in [0.05, 0.1) is 0 Å². The maximum absolute atomic E-state index is 4.28. The highest BCUT2D eigenvalue weighted by molar-refractivity contribution is 14.1. The summed E-state index contributed by atoms with van der Waals surface area (Å²) in [5.74, 6) is 0.910. The van der Waals surface area contributed by atoms with Crippen molar-refractivity contribution in [2.45, 2.75) is 13.3 Å². The second-order valence-corrected chi connectivity index (χ2v) is 5.24. The Bertz CT molecular complexity index is 514. The number of pyridine rings is 1. The van der Waals surface area contributed by atoms with Crippen LogP contribution in [0.4, 0.5) is 17.2 Å². The highest BCUT2D eigenvalue weighted by Gasteiger charge is 1.98. The molecule has 0 bridgehead atoms. The van der Waals surface area contributed by atoms with Gasteiger partial charge in [0.25, 0.3) is 0 Å². The number of halogens is 1. The third-order valence-electron chi connectivity index (χ3n) is 2.43. The fourth-order valence-corrected chi connectivity index (χ4v) is 2.13. The average Bonchev–Trinajstić information content (AvgIpc) is 2.37. The van der Waals surface area contributed by atoms with Crippen molar-refractivity contribution in [3.05, 3.63) is 46.2 Å². The Morgan fingerprint density at radius 2 is 2.00 bits per heavy atom. The number of hydrogen-bond donors (Lipinski definition) is 2. The van der Waals surface area contributed by atoms with Crippen LogP contribution < -0.4 is 10.6 Å². The van der Waals surface area contributed by atoms with E-state index in [9.17, 15) is 0 Å². The van der Waals surface area contributed by atoms with Gasteiger partial charge in [-0.2, -0.15) is 0 Å². The van der Waals surface area contributed by atoms with Crippen LogP contribution >= 0.6 is 22.6 Å². The normalized spacial score (nSPS) is 10.1. The van der Waals surface area contributed by atoms with Crippen molar-refractivity contribution in [2.75, 3.05) is 17.2 Å². The van der Waals surface area contributed by atoms with Crippen LogP contribution in [-0.4, -0.2) is 11.5 Å². The number of aromatic nitrogens is 1. The minimum atomic E-state index is 0.910. The van der Waals surface area contributed by atoms with E-state index in [-0.39, 0.29) is 0 Å². The summed E-state index contributed by atoms with van der Waals surface area (Å²) in [5.41, 5.74) is 2.14. The number of rotatable bonds is 5. The van der Waals surface area contributed by atoms with Gasteiger partial charge in [-0.3, -0.25) is 0 Å². The van der Waals surface area contributed by atoms with E-state index in [0.29, 0.717) is 0 Å². The minimum absolute atomic E-state index is 0.910. The number of benzene rings is 1. The second-order valence-electron chi connectivity index (χ2n) is 3.99. The van der Waals surface area contributed by atoms with E-state index >= 15 is 0 Å². The van der Waals surface area contributed by atoms with Crippen molar-refractivity contribution in [3.8, 4) is 0 Å². The third kappa shape index (κ3) is 3.87. The molecule has 0 saturated heterocycles. The molecule has 2 aromatic rings. The van der Waals surface area contributed by atoms with Crippen LogP contribution in [0.3, 0.4) is 0 Å². The zero-order valence-corrected chi connectivity index (χ0v) is 12.4. The highest BCUT2D eigenvalue weighted by atomic mass is 127. The Labute approximate surface area is 121 Å². The molecular formula is C14H16IN3. The Morgan fingerprint density at radius 1 is 1.17 bits per heavy atom. The lowest BCUT2D eigenvalue weighted by Crippen LogP contribution is -2.02. The fourth-order valence-electron chi connectivity index (χ4n) is 1.59. The molecule has 0 unspecified atom stereocenters. The van der Waals surface area contributed by atoms with Crippen molar-refractivity contribution in [1.82, 2.24) is 4.98 Å². The molecule has 2 N–H and O–H groups in total. The molecular weight excluding hydrogens is 337 g/mol. The van der Waals surface area contributed by atoms with Crippen LogP contribution in [0.5, 0.6) is 0 Å². The number of anilines is 3. The number of nitrogens with one attached hydrogen (secondary N) is 2. The molecule has 0 spiro atoms. The van der Waals surface area contributed by atoms with Crippen molar-refractivity contribution in [2.24, 2.45) is 0 Å². The van der Waals surface area contributed by atoms with Crippen LogP contribution in [0, 0.1) is 3.57 Å². The van der Waals surface area contributed by atoms with E-state index in [4.69, 9.17) is 0 Å². The molecule has 1 aromatic heterocycles. The maximum Gasteiger partial charge on any atom is 0.127 e. The first-order chi connectivity index (χ1) is 8.78. The van der Waals surface area contributed by atoms with E-state index in [1.165, 1.54) is 3.57 Å². The largest absolute Gasteiger partial charge is 0.370 e. The van der Waals surface area contributed by atoms with Gasteiger partial charge in [-0.05, 0) is 53.3 Å². The fraction of sp³-hybridized carbons (Fsp3) is 0.214. The van der Waals surface area contributed by atoms with Crippen LogP contribution in [0.2, 0.25) is 0 Å². The van der Waals surface area contributed by atoms with E-state index in [0.717, 1.165) is 30.2 Å². The van der Waals surface area contributed by atoms with Crippen LogP contribution in [-0.2, 0) is 0 Å². The lowest BCUT2D eigenvalue weighted by atomic mass is 10.3. The molecule has 0 saturated carbocycles. The summed E-state index contributed by atoms with van der Waals surface area (Å²) < 4.78 is 1.22. The smallest absolute Gasteiger partial charge is 0.127 e. The van der Waals surface area contributed by atoms with Gasteiger partial charge in [-0.25, -0.2) is 4.98 Å². The standard InChI is InChI=1S/C14H16IN3/c1-2-7-16-14-10-13(6-8-17-14)18-12-5-3-4-11(15)9-12/h3-6,8-10H,2,7H2,1H3,(H2,16,17,18). The summed E-state index contributed by atoms with van der Waals surface area (Å²) in [4.78, 5) is 4.28. The summed E-state index contributed by atoms with van der Waals surface area (Å²) in [7, 11) is 0. The summed E-state index contributed by atoms with van der Waals surface area (Å²) in [5, 5.41) is 6.66. The first-order valence-electron chi connectivity index (χ1n) is 6.00.